The number of nitrogens with one attached hydrogen (secondary N) is 1. The molecule has 0 aliphatic rings. The molecule has 0 radical (unpaired) electrons. The van der Waals surface area contributed by atoms with E-state index in [1.807, 2.05) is 0 Å². The number of aryl methyl sites for hydroxylation is 2. The molecule has 0 saturated heterocycles. The van der Waals surface area contributed by atoms with E-state index in [1.54, 1.807) is 26.0 Å². The normalized spacial score (nSPS) is 13.3. The first-order valence-electron chi connectivity index (χ1n) is 7.88. The highest BCUT2D eigenvalue weighted by Crippen LogP contribution is 2.19. The van der Waals surface area contributed by atoms with Gasteiger partial charge in [-0.3, -0.25) is 4.79 Å². The first-order valence-corrected chi connectivity index (χ1v) is 7.88. The van der Waals surface area contributed by atoms with E-state index in [1.165, 1.54) is 13.0 Å². The van der Waals surface area contributed by atoms with E-state index in [9.17, 15) is 14.0 Å². The number of hydrogen-bond acceptors (Lipinski definition) is 5. The van der Waals surface area contributed by atoms with E-state index >= 15 is 0 Å². The summed E-state index contributed by atoms with van der Waals surface area (Å²) in [7, 11) is 0. The van der Waals surface area contributed by atoms with Gasteiger partial charge in [-0.15, -0.1) is 0 Å². The summed E-state index contributed by atoms with van der Waals surface area (Å²) < 4.78 is 18.4. The lowest BCUT2D eigenvalue weighted by atomic mass is 9.99. The second-order valence-electron chi connectivity index (χ2n) is 6.01. The minimum Gasteiger partial charge on any atom is -0.480 e. The fourth-order valence-corrected chi connectivity index (χ4v) is 2.14. The molecule has 0 aliphatic carbocycles. The van der Waals surface area contributed by atoms with Crippen molar-refractivity contribution < 1.29 is 23.6 Å². The van der Waals surface area contributed by atoms with Gasteiger partial charge in [-0.2, -0.15) is 4.98 Å². The zero-order valence-electron chi connectivity index (χ0n) is 14.3. The van der Waals surface area contributed by atoms with Gasteiger partial charge < -0.3 is 14.9 Å². The molecule has 1 aromatic carbocycles. The molecule has 1 atom stereocenters. The zero-order valence-corrected chi connectivity index (χ0v) is 14.3. The average Bonchev–Trinajstić information content (AvgIpc) is 3.04. The highest BCUT2D eigenvalue weighted by atomic mass is 19.1. The molecule has 0 bridgehead atoms. The number of carbonyl (C=O) groups is 2. The third-order valence-electron chi connectivity index (χ3n) is 4.04. The van der Waals surface area contributed by atoms with Crippen molar-refractivity contribution in [1.82, 2.24) is 15.5 Å². The minimum absolute atomic E-state index is 0.0208. The first-order chi connectivity index (χ1) is 11.7. The smallest absolute Gasteiger partial charge is 0.329 e. The predicted molar refractivity (Wildman–Crippen MR) is 87.2 cm³/mol. The summed E-state index contributed by atoms with van der Waals surface area (Å²) in [6, 6.07) is 4.48. The Morgan fingerprint density at radius 2 is 2.12 bits per heavy atom. The molecule has 0 saturated carbocycles. The second-order valence-corrected chi connectivity index (χ2v) is 6.01. The lowest BCUT2D eigenvalue weighted by molar-refractivity contribution is -0.147. The van der Waals surface area contributed by atoms with Crippen molar-refractivity contribution in [3.8, 4) is 11.4 Å². The van der Waals surface area contributed by atoms with Gasteiger partial charge in [0.1, 0.15) is 11.4 Å². The quantitative estimate of drug-likeness (QED) is 0.795. The van der Waals surface area contributed by atoms with Crippen LogP contribution in [0.2, 0.25) is 0 Å². The molecule has 0 fully saturated rings. The fraction of sp³-hybridized carbons (Fsp3) is 0.412. The van der Waals surface area contributed by atoms with Crippen LogP contribution < -0.4 is 5.32 Å². The van der Waals surface area contributed by atoms with Crippen LogP contribution >= 0.6 is 0 Å². The summed E-state index contributed by atoms with van der Waals surface area (Å²) in [5, 5.41) is 15.5. The highest BCUT2D eigenvalue weighted by Gasteiger charge is 2.32. The summed E-state index contributed by atoms with van der Waals surface area (Å²) >= 11 is 0. The number of benzene rings is 1. The van der Waals surface area contributed by atoms with Crippen molar-refractivity contribution in [2.75, 3.05) is 0 Å². The van der Waals surface area contributed by atoms with Crippen LogP contribution in [0, 0.1) is 12.7 Å². The van der Waals surface area contributed by atoms with Crippen LogP contribution in [-0.4, -0.2) is 32.7 Å². The van der Waals surface area contributed by atoms with E-state index in [4.69, 9.17) is 9.63 Å². The third kappa shape index (κ3) is 4.40. The molecule has 7 nitrogen and oxygen atoms in total. The van der Waals surface area contributed by atoms with Gasteiger partial charge in [-0.1, -0.05) is 12.1 Å². The third-order valence-corrected chi connectivity index (χ3v) is 4.04. The summed E-state index contributed by atoms with van der Waals surface area (Å²) in [5.41, 5.74) is -0.221. The Balaban J connectivity index is 1.98. The maximum atomic E-state index is 13.3. The second kappa shape index (κ2) is 7.42. The van der Waals surface area contributed by atoms with E-state index in [-0.39, 0.29) is 31.0 Å². The van der Waals surface area contributed by atoms with Crippen molar-refractivity contribution in [1.29, 1.82) is 0 Å². The van der Waals surface area contributed by atoms with Crippen molar-refractivity contribution in [2.45, 2.75) is 45.6 Å². The van der Waals surface area contributed by atoms with Gasteiger partial charge in [0.05, 0.1) is 0 Å². The van der Waals surface area contributed by atoms with Crippen LogP contribution in [0.15, 0.2) is 22.7 Å². The summed E-state index contributed by atoms with van der Waals surface area (Å²) in [5.74, 6) is -1.26. The summed E-state index contributed by atoms with van der Waals surface area (Å²) in [6.07, 6.45) is 0.466. The van der Waals surface area contributed by atoms with Gasteiger partial charge >= 0.3 is 5.97 Å². The van der Waals surface area contributed by atoms with Gasteiger partial charge in [0.15, 0.2) is 0 Å². The number of hydrogen-bond donors (Lipinski definition) is 2. The lowest BCUT2D eigenvalue weighted by Gasteiger charge is -2.24. The zero-order chi connectivity index (χ0) is 18.6. The standard InChI is InChI=1S/C17H20FN3O4/c1-4-17(3,16(23)24)20-13(22)7-8-14-19-15(21-25-14)11-5-6-12(18)10(2)9-11/h5-6,9H,4,7-8H2,1-3H3,(H,20,22)(H,23,24). The largest absolute Gasteiger partial charge is 0.480 e. The van der Waals surface area contributed by atoms with Crippen LogP contribution in [0.5, 0.6) is 0 Å². The van der Waals surface area contributed by atoms with Gasteiger partial charge in [-0.05, 0) is 44.0 Å². The van der Waals surface area contributed by atoms with Gasteiger partial charge in [0.25, 0.3) is 0 Å². The van der Waals surface area contributed by atoms with E-state index in [0.29, 0.717) is 17.0 Å². The number of carbonyl (C=O) groups excluding carboxylic acids is 1. The number of nitrogens with zero attached hydrogens (tertiary/aromatic N) is 2. The molecular formula is C17H20FN3O4. The first kappa shape index (κ1) is 18.6. The van der Waals surface area contributed by atoms with Crippen LogP contribution in [-0.2, 0) is 16.0 Å². The summed E-state index contributed by atoms with van der Waals surface area (Å²) in [6.45, 7) is 4.77. The molecule has 1 aromatic heterocycles. The minimum atomic E-state index is -1.30. The van der Waals surface area contributed by atoms with Gasteiger partial charge in [0.2, 0.25) is 17.6 Å². The number of aromatic nitrogens is 2. The Morgan fingerprint density at radius 3 is 2.72 bits per heavy atom. The van der Waals surface area contributed by atoms with E-state index < -0.39 is 17.4 Å². The van der Waals surface area contributed by atoms with Crippen molar-refractivity contribution in [2.24, 2.45) is 0 Å². The Hall–Kier alpha value is -2.77. The topological polar surface area (TPSA) is 105 Å². The molecule has 134 valence electrons. The van der Waals surface area contributed by atoms with Crippen molar-refractivity contribution >= 4 is 11.9 Å². The maximum absolute atomic E-state index is 13.3. The van der Waals surface area contributed by atoms with Crippen LogP contribution in [0.3, 0.4) is 0 Å². The van der Waals surface area contributed by atoms with Crippen molar-refractivity contribution in [3.05, 3.63) is 35.5 Å². The monoisotopic (exact) mass is 349 g/mol. The van der Waals surface area contributed by atoms with Crippen LogP contribution in [0.25, 0.3) is 11.4 Å². The summed E-state index contributed by atoms with van der Waals surface area (Å²) in [4.78, 5) is 27.3. The van der Waals surface area contributed by atoms with E-state index in [2.05, 4.69) is 15.5 Å². The number of carboxylic acids is 1. The Kier molecular flexibility index (Phi) is 5.51. The molecule has 25 heavy (non-hydrogen) atoms. The Morgan fingerprint density at radius 1 is 1.40 bits per heavy atom. The molecule has 1 heterocycles. The fourth-order valence-electron chi connectivity index (χ4n) is 2.14. The number of amides is 1. The molecule has 1 unspecified atom stereocenters. The molecule has 2 rings (SSSR count). The number of carboxylic acid groups (broad SMARTS) is 1. The number of aliphatic carboxylic acids is 1. The lowest BCUT2D eigenvalue weighted by Crippen LogP contribution is -2.51. The van der Waals surface area contributed by atoms with E-state index in [0.717, 1.165) is 0 Å². The average molecular weight is 349 g/mol. The highest BCUT2D eigenvalue weighted by molar-refractivity contribution is 5.86. The molecular weight excluding hydrogens is 329 g/mol. The molecule has 0 spiro atoms. The Labute approximate surface area is 144 Å². The van der Waals surface area contributed by atoms with Crippen LogP contribution in [0.1, 0.15) is 38.1 Å². The van der Waals surface area contributed by atoms with Gasteiger partial charge in [-0.25, -0.2) is 9.18 Å². The molecule has 2 aromatic rings. The number of halogens is 1. The molecule has 2 N–H and O–H groups in total. The predicted octanol–water partition coefficient (Wildman–Crippen LogP) is 2.49. The molecule has 0 aliphatic heterocycles. The SMILES string of the molecule is CCC(C)(NC(=O)CCc1nc(-c2ccc(F)c(C)c2)no1)C(=O)O. The maximum Gasteiger partial charge on any atom is 0.329 e. The molecule has 8 heteroatoms. The number of rotatable bonds is 7. The van der Waals surface area contributed by atoms with Crippen molar-refractivity contribution in [3.63, 3.8) is 0 Å². The Bertz CT molecular complexity index is 790. The van der Waals surface area contributed by atoms with Crippen LogP contribution in [0.4, 0.5) is 4.39 Å². The molecule has 1 amide bonds. The van der Waals surface area contributed by atoms with Gasteiger partial charge in [0, 0.05) is 18.4 Å².